The molecule has 2 bridgehead atoms. The van der Waals surface area contributed by atoms with Gasteiger partial charge in [-0.2, -0.15) is 4.68 Å². The lowest BCUT2D eigenvalue weighted by Crippen LogP contribution is -2.48. The zero-order chi connectivity index (χ0) is 60.0. The number of nitrogens with zero attached hydrogens (tertiary/aromatic N) is 9. The number of nitrogens with two attached hydrogens (primary N) is 1. The molecule has 2 amide bonds. The minimum absolute atomic E-state index is 0.00797. The Kier molecular flexibility index (Phi) is 22.4. The van der Waals surface area contributed by atoms with Gasteiger partial charge in [-0.05, 0) is 120 Å². The van der Waals surface area contributed by atoms with Crippen molar-refractivity contribution in [3.8, 4) is 11.1 Å². The SMILES string of the molecule is [C-]#[N+]c1c2c(nn1CCCC(=O)CCOCCOCCOCCOCCN1CCC([C@@H](CC(=O)[C@@H](C)NC)C(=O)N3CCC[C@@H]3C3=NC(C(=O)c4ccc(C)cc4)CS3)CC1)CN(C)C(=O)c1ccc(F)cc1[C@H]1CCCN1c1cc-2cnc1N. The fourth-order valence-corrected chi connectivity index (χ4v) is 13.5. The highest BCUT2D eigenvalue weighted by atomic mass is 32.2. The van der Waals surface area contributed by atoms with Crippen molar-refractivity contribution in [3.05, 3.63) is 99.9 Å². The third kappa shape index (κ3) is 15.8. The van der Waals surface area contributed by atoms with Crippen molar-refractivity contribution in [1.82, 2.24) is 34.8 Å². The van der Waals surface area contributed by atoms with Crippen LogP contribution in [0.1, 0.15) is 115 Å². The van der Waals surface area contributed by atoms with E-state index in [9.17, 15) is 28.4 Å². The summed E-state index contributed by atoms with van der Waals surface area (Å²) in [5.41, 5.74) is 11.6. The zero-order valence-corrected chi connectivity index (χ0v) is 50.4. The van der Waals surface area contributed by atoms with Gasteiger partial charge in [0.15, 0.2) is 5.78 Å². The molecule has 1 unspecified atom stereocenters. The van der Waals surface area contributed by atoms with Crippen LogP contribution >= 0.6 is 11.8 Å². The summed E-state index contributed by atoms with van der Waals surface area (Å²) in [7, 11) is 3.44. The third-order valence-electron chi connectivity index (χ3n) is 17.2. The standard InChI is InChI=1S/C63H82FN11O9S/c1-41-12-14-44(15-13-41)58(78)52-40-85-61(69-52)54-11-8-22-74(54)63(80)49(37-56(77)42(2)66-3)43-18-24-72(25-19-43)26-28-82-30-32-84-34-33-83-31-29-81-27-20-47(76)9-6-23-75-60(67-4)57-45-35-55(59(65)68-38-45)73-21-7-10-53(73)50-36-46(64)16-17-48(50)62(79)71(5)39-51(57)70-75/h12-17,35-36,38,42-43,49,52-54,66H,6-11,18-34,37,39-40H2,1-3,5H3,(H2,65,68)/t42-,49-,52?,53-,54-/m1/s1. The predicted octanol–water partition coefficient (Wildman–Crippen LogP) is 7.54. The van der Waals surface area contributed by atoms with Gasteiger partial charge in [-0.15, -0.1) is 16.9 Å². The molecule has 3 N–H and O–H groups in total. The molecule has 5 atom stereocenters. The van der Waals surface area contributed by atoms with Crippen LogP contribution in [0.4, 0.5) is 21.7 Å². The number of likely N-dealkylation sites (tertiary alicyclic amines) is 2. The van der Waals surface area contributed by atoms with Gasteiger partial charge in [0.25, 0.3) is 11.7 Å². The van der Waals surface area contributed by atoms with Crippen LogP contribution in [-0.4, -0.2) is 187 Å². The first-order valence-electron chi connectivity index (χ1n) is 30.1. The molecule has 3 saturated heterocycles. The zero-order valence-electron chi connectivity index (χ0n) is 49.6. The Bertz CT molecular complexity index is 3070. The number of Topliss-reactive ketones (excluding diaryl/α,β-unsaturated/α-hetero) is 3. The number of aromatic nitrogens is 3. The first-order chi connectivity index (χ1) is 41.2. The van der Waals surface area contributed by atoms with Crippen LogP contribution in [0.15, 0.2) is 59.7 Å². The first kappa shape index (κ1) is 63.1. The second-order valence-corrected chi connectivity index (χ2v) is 23.9. The Morgan fingerprint density at radius 3 is 2.28 bits per heavy atom. The number of aryl methyl sites for hydroxylation is 2. The number of nitrogens with one attached hydrogen (secondary N) is 1. The van der Waals surface area contributed by atoms with Crippen molar-refractivity contribution in [1.29, 1.82) is 0 Å². The number of benzene rings is 2. The van der Waals surface area contributed by atoms with Crippen LogP contribution in [0, 0.1) is 31.1 Å². The summed E-state index contributed by atoms with van der Waals surface area (Å²) >= 11 is 1.59. The van der Waals surface area contributed by atoms with Crippen molar-refractivity contribution in [2.45, 2.75) is 115 Å². The van der Waals surface area contributed by atoms with E-state index in [-0.39, 0.29) is 91.4 Å². The molecule has 2 aromatic carbocycles. The Hall–Kier alpha value is -6.45. The lowest BCUT2D eigenvalue weighted by Gasteiger charge is -2.38. The monoisotopic (exact) mass is 1190 g/mol. The molecule has 456 valence electrons. The summed E-state index contributed by atoms with van der Waals surface area (Å²) in [5, 5.41) is 8.75. The van der Waals surface area contributed by atoms with E-state index in [0.29, 0.717) is 129 Å². The number of fused-ring (bicyclic) bond motifs is 8. The topological polar surface area (TPSA) is 221 Å². The summed E-state index contributed by atoms with van der Waals surface area (Å²) in [6, 6.07) is 12.5. The molecule has 0 radical (unpaired) electrons. The molecular formula is C63H82FN11O9S. The number of hydrogen-bond acceptors (Lipinski definition) is 17. The lowest BCUT2D eigenvalue weighted by atomic mass is 9.79. The maximum absolute atomic E-state index is 14.7. The maximum atomic E-state index is 14.7. The predicted molar refractivity (Wildman–Crippen MR) is 325 cm³/mol. The third-order valence-corrected chi connectivity index (χ3v) is 18.4. The van der Waals surface area contributed by atoms with Gasteiger partial charge in [-0.25, -0.2) is 9.37 Å². The van der Waals surface area contributed by atoms with Crippen LogP contribution in [0.3, 0.4) is 0 Å². The average molecular weight is 1190 g/mol. The van der Waals surface area contributed by atoms with E-state index >= 15 is 0 Å². The Labute approximate surface area is 502 Å². The molecule has 2 aromatic heterocycles. The quantitative estimate of drug-likeness (QED) is 0.0319. The van der Waals surface area contributed by atoms with E-state index in [2.05, 4.69) is 24.9 Å². The van der Waals surface area contributed by atoms with Crippen LogP contribution in [0.5, 0.6) is 0 Å². The highest BCUT2D eigenvalue weighted by Gasteiger charge is 2.43. The maximum Gasteiger partial charge on any atom is 0.260 e. The van der Waals surface area contributed by atoms with Gasteiger partial charge in [-0.1, -0.05) is 36.4 Å². The number of piperidine rings is 1. The summed E-state index contributed by atoms with van der Waals surface area (Å²) in [6.07, 6.45) is 7.57. The van der Waals surface area contributed by atoms with Crippen molar-refractivity contribution in [2.75, 3.05) is 116 Å². The van der Waals surface area contributed by atoms with Crippen LogP contribution < -0.4 is 16.0 Å². The smallest absolute Gasteiger partial charge is 0.260 e. The normalized spacial score (nSPS) is 19.8. The average Bonchev–Trinajstić information content (AvgIpc) is 2.74. The number of likely N-dealkylation sites (N-methyl/N-ethyl adjacent to an activating group) is 1. The Morgan fingerprint density at radius 2 is 1.56 bits per heavy atom. The van der Waals surface area contributed by atoms with E-state index in [1.54, 1.807) is 36.7 Å². The molecule has 7 heterocycles. The van der Waals surface area contributed by atoms with E-state index in [4.69, 9.17) is 41.3 Å². The Morgan fingerprint density at radius 1 is 0.871 bits per heavy atom. The van der Waals surface area contributed by atoms with Crippen LogP contribution in [0.25, 0.3) is 16.0 Å². The Balaban J connectivity index is 0.635. The molecule has 20 nitrogen and oxygen atoms in total. The molecule has 5 aliphatic rings. The van der Waals surface area contributed by atoms with Crippen LogP contribution in [0.2, 0.25) is 0 Å². The van der Waals surface area contributed by atoms with Crippen molar-refractivity contribution < 1.29 is 47.3 Å². The minimum Gasteiger partial charge on any atom is -0.382 e. The number of carbonyl (C=O) groups excluding carboxylic acids is 5. The van der Waals surface area contributed by atoms with Gasteiger partial charge in [0, 0.05) is 80.5 Å². The number of rotatable bonds is 28. The molecular weight excluding hydrogens is 1110 g/mol. The van der Waals surface area contributed by atoms with Gasteiger partial charge in [-0.3, -0.25) is 29.0 Å². The van der Waals surface area contributed by atoms with Crippen molar-refractivity contribution in [2.24, 2.45) is 16.8 Å². The number of amides is 2. The summed E-state index contributed by atoms with van der Waals surface area (Å²) in [5.74, 6) is 0.208. The highest BCUT2D eigenvalue weighted by Crippen LogP contribution is 2.44. The van der Waals surface area contributed by atoms with Gasteiger partial charge >= 0.3 is 0 Å². The number of hydrogen-bond donors (Lipinski definition) is 2. The second-order valence-electron chi connectivity index (χ2n) is 22.9. The number of ketones is 3. The number of aliphatic imine (C=N–C) groups is 1. The highest BCUT2D eigenvalue weighted by molar-refractivity contribution is 8.14. The number of ether oxygens (including phenoxy) is 4. The fourth-order valence-electron chi connectivity index (χ4n) is 12.3. The van der Waals surface area contributed by atoms with Crippen molar-refractivity contribution >= 4 is 63.3 Å². The van der Waals surface area contributed by atoms with Gasteiger partial charge < -0.3 is 54.4 Å². The number of nitrogen functional groups attached to an aromatic ring is 1. The number of anilines is 2. The first-order valence-corrected chi connectivity index (χ1v) is 31.1. The largest absolute Gasteiger partial charge is 0.382 e. The van der Waals surface area contributed by atoms with E-state index in [0.717, 1.165) is 62.3 Å². The summed E-state index contributed by atoms with van der Waals surface area (Å²) in [4.78, 5) is 89.5. The molecule has 0 saturated carbocycles. The fraction of sp³-hybridized carbons (Fsp3) is 0.571. The van der Waals surface area contributed by atoms with Gasteiger partial charge in [0.2, 0.25) is 5.91 Å². The second kappa shape index (κ2) is 30.3. The number of pyridine rings is 1. The molecule has 9 rings (SSSR count). The molecule has 3 fully saturated rings. The minimum atomic E-state index is -0.460. The lowest BCUT2D eigenvalue weighted by molar-refractivity contribution is -0.141. The molecule has 0 spiro atoms. The van der Waals surface area contributed by atoms with Gasteiger partial charge in [0.1, 0.15) is 34.9 Å². The van der Waals surface area contributed by atoms with E-state index in [1.165, 1.54) is 23.1 Å². The molecule has 22 heteroatoms. The van der Waals surface area contributed by atoms with E-state index in [1.807, 2.05) is 49.1 Å². The number of halogens is 1. The molecule has 85 heavy (non-hydrogen) atoms. The van der Waals surface area contributed by atoms with Crippen LogP contribution in [-0.2, 0) is 46.4 Å². The van der Waals surface area contributed by atoms with E-state index < -0.39 is 17.8 Å². The van der Waals surface area contributed by atoms with Crippen molar-refractivity contribution in [3.63, 3.8) is 0 Å². The molecule has 0 aliphatic carbocycles. The number of thioether (sulfide) groups is 1. The molecule has 5 aliphatic heterocycles. The summed E-state index contributed by atoms with van der Waals surface area (Å²) in [6.45, 7) is 19.3. The number of carbonyl (C=O) groups is 5. The van der Waals surface area contributed by atoms with Gasteiger partial charge in [0.05, 0.1) is 94.8 Å². The molecule has 4 aromatic rings. The summed E-state index contributed by atoms with van der Waals surface area (Å²) < 4.78 is 39.3.